The molecule has 1 aromatic carbocycles. The number of ether oxygens (including phenoxy) is 1. The van der Waals surface area contributed by atoms with Crippen LogP contribution in [0.4, 0.5) is 4.39 Å². The SMILES string of the molecule is CNC(CCc1ccnn1C)c1ccc(OC)cc1F. The van der Waals surface area contributed by atoms with Crippen molar-refractivity contribution < 1.29 is 9.13 Å². The molecule has 1 heterocycles. The largest absolute Gasteiger partial charge is 0.497 e. The fourth-order valence-electron chi connectivity index (χ4n) is 2.31. The predicted octanol–water partition coefficient (Wildman–Crippen LogP) is 2.46. The van der Waals surface area contributed by atoms with E-state index >= 15 is 0 Å². The molecule has 5 heteroatoms. The zero-order valence-corrected chi connectivity index (χ0v) is 12.1. The third kappa shape index (κ3) is 3.17. The molecule has 2 aromatic rings. The average Bonchev–Trinajstić information content (AvgIpc) is 2.86. The number of nitrogens with one attached hydrogen (secondary N) is 1. The molecule has 108 valence electrons. The number of benzene rings is 1. The van der Waals surface area contributed by atoms with Crippen molar-refractivity contribution in [3.8, 4) is 5.75 Å². The van der Waals surface area contributed by atoms with Crippen molar-refractivity contribution in [2.45, 2.75) is 18.9 Å². The normalized spacial score (nSPS) is 12.4. The van der Waals surface area contributed by atoms with Gasteiger partial charge in [-0.05, 0) is 32.0 Å². The summed E-state index contributed by atoms with van der Waals surface area (Å²) in [6, 6.07) is 6.93. The number of nitrogens with zero attached hydrogens (tertiary/aromatic N) is 2. The highest BCUT2D eigenvalue weighted by atomic mass is 19.1. The summed E-state index contributed by atoms with van der Waals surface area (Å²) in [5, 5.41) is 7.31. The van der Waals surface area contributed by atoms with Gasteiger partial charge in [-0.3, -0.25) is 4.68 Å². The first-order chi connectivity index (χ1) is 9.65. The molecular weight excluding hydrogens is 257 g/mol. The average molecular weight is 277 g/mol. The summed E-state index contributed by atoms with van der Waals surface area (Å²) < 4.78 is 21.0. The van der Waals surface area contributed by atoms with E-state index in [2.05, 4.69) is 10.4 Å². The van der Waals surface area contributed by atoms with E-state index in [-0.39, 0.29) is 11.9 Å². The monoisotopic (exact) mass is 277 g/mol. The summed E-state index contributed by atoms with van der Waals surface area (Å²) in [4.78, 5) is 0. The fourth-order valence-corrected chi connectivity index (χ4v) is 2.31. The van der Waals surface area contributed by atoms with Crippen LogP contribution in [0.25, 0.3) is 0 Å². The maximum Gasteiger partial charge on any atom is 0.131 e. The Morgan fingerprint density at radius 1 is 1.40 bits per heavy atom. The lowest BCUT2D eigenvalue weighted by molar-refractivity contribution is 0.409. The van der Waals surface area contributed by atoms with Gasteiger partial charge in [-0.1, -0.05) is 6.07 Å². The molecule has 0 fully saturated rings. The van der Waals surface area contributed by atoms with E-state index in [1.54, 1.807) is 18.3 Å². The van der Waals surface area contributed by atoms with E-state index in [4.69, 9.17) is 4.74 Å². The lowest BCUT2D eigenvalue weighted by Gasteiger charge is -2.18. The van der Waals surface area contributed by atoms with Crippen LogP contribution in [-0.4, -0.2) is 23.9 Å². The zero-order valence-electron chi connectivity index (χ0n) is 12.1. The van der Waals surface area contributed by atoms with Crippen LogP contribution in [0.2, 0.25) is 0 Å². The first-order valence-corrected chi connectivity index (χ1v) is 6.63. The van der Waals surface area contributed by atoms with E-state index in [0.717, 1.165) is 18.5 Å². The van der Waals surface area contributed by atoms with E-state index in [0.29, 0.717) is 11.3 Å². The highest BCUT2D eigenvalue weighted by Gasteiger charge is 2.15. The molecule has 0 radical (unpaired) electrons. The molecule has 2 rings (SSSR count). The first-order valence-electron chi connectivity index (χ1n) is 6.63. The van der Waals surface area contributed by atoms with Crippen LogP contribution in [0.5, 0.6) is 5.75 Å². The second-order valence-electron chi connectivity index (χ2n) is 4.71. The maximum absolute atomic E-state index is 14.1. The number of rotatable bonds is 6. The second kappa shape index (κ2) is 6.52. The van der Waals surface area contributed by atoms with Gasteiger partial charge in [-0.15, -0.1) is 0 Å². The third-order valence-corrected chi connectivity index (χ3v) is 3.54. The van der Waals surface area contributed by atoms with Gasteiger partial charge in [0.15, 0.2) is 0 Å². The number of aryl methyl sites for hydroxylation is 2. The molecule has 0 bridgehead atoms. The summed E-state index contributed by atoms with van der Waals surface area (Å²) in [6.45, 7) is 0. The van der Waals surface area contributed by atoms with Crippen molar-refractivity contribution >= 4 is 0 Å². The highest BCUT2D eigenvalue weighted by molar-refractivity contribution is 5.31. The molecule has 4 nitrogen and oxygen atoms in total. The minimum atomic E-state index is -0.242. The molecular formula is C15H20FN3O. The van der Waals surface area contributed by atoms with Crippen molar-refractivity contribution in [2.75, 3.05) is 14.2 Å². The Hall–Kier alpha value is -1.88. The zero-order chi connectivity index (χ0) is 14.5. The number of hydrogen-bond donors (Lipinski definition) is 1. The fraction of sp³-hybridized carbons (Fsp3) is 0.400. The minimum absolute atomic E-state index is 0.0317. The smallest absolute Gasteiger partial charge is 0.131 e. The second-order valence-corrected chi connectivity index (χ2v) is 4.71. The van der Waals surface area contributed by atoms with Crippen molar-refractivity contribution in [3.63, 3.8) is 0 Å². The highest BCUT2D eigenvalue weighted by Crippen LogP contribution is 2.25. The van der Waals surface area contributed by atoms with E-state index in [1.165, 1.54) is 13.2 Å². The van der Waals surface area contributed by atoms with E-state index < -0.39 is 0 Å². The molecule has 1 atom stereocenters. The molecule has 0 aliphatic carbocycles. The summed E-state index contributed by atoms with van der Waals surface area (Å²) in [6.07, 6.45) is 3.42. The van der Waals surface area contributed by atoms with Crippen LogP contribution in [0, 0.1) is 5.82 Å². The van der Waals surface area contributed by atoms with Gasteiger partial charge in [0.2, 0.25) is 0 Å². The molecule has 0 aliphatic rings. The molecule has 0 aliphatic heterocycles. The molecule has 0 saturated heterocycles. The van der Waals surface area contributed by atoms with Gasteiger partial charge in [0, 0.05) is 36.6 Å². The molecule has 20 heavy (non-hydrogen) atoms. The molecule has 1 N–H and O–H groups in total. The quantitative estimate of drug-likeness (QED) is 0.881. The third-order valence-electron chi connectivity index (χ3n) is 3.54. The Labute approximate surface area is 118 Å². The van der Waals surface area contributed by atoms with Crippen LogP contribution in [0.15, 0.2) is 30.5 Å². The molecule has 1 aromatic heterocycles. The summed E-state index contributed by atoms with van der Waals surface area (Å²) in [5.74, 6) is 0.293. The lowest BCUT2D eigenvalue weighted by Crippen LogP contribution is -2.19. The van der Waals surface area contributed by atoms with Crippen LogP contribution in [-0.2, 0) is 13.5 Å². The molecule has 0 saturated carbocycles. The van der Waals surface area contributed by atoms with Gasteiger partial charge in [0.25, 0.3) is 0 Å². The molecule has 1 unspecified atom stereocenters. The maximum atomic E-state index is 14.1. The van der Waals surface area contributed by atoms with Crippen molar-refractivity contribution in [1.82, 2.24) is 15.1 Å². The van der Waals surface area contributed by atoms with Crippen LogP contribution >= 0.6 is 0 Å². The van der Waals surface area contributed by atoms with Gasteiger partial charge in [0.05, 0.1) is 7.11 Å². The Morgan fingerprint density at radius 3 is 2.75 bits per heavy atom. The summed E-state index contributed by atoms with van der Waals surface area (Å²) in [7, 11) is 5.29. The number of methoxy groups -OCH3 is 1. The standard InChI is InChI=1S/C15H20FN3O/c1-17-15(7-4-11-8-9-18-19(11)2)13-6-5-12(20-3)10-14(13)16/h5-6,8-10,15,17H,4,7H2,1-3H3. The number of aromatic nitrogens is 2. The Balaban J connectivity index is 2.10. The topological polar surface area (TPSA) is 39.1 Å². The van der Waals surface area contributed by atoms with E-state index in [1.807, 2.05) is 24.8 Å². The molecule has 0 spiro atoms. The summed E-state index contributed by atoms with van der Waals surface area (Å²) >= 11 is 0. The van der Waals surface area contributed by atoms with Crippen LogP contribution < -0.4 is 10.1 Å². The molecule has 0 amide bonds. The number of hydrogen-bond acceptors (Lipinski definition) is 3. The van der Waals surface area contributed by atoms with Gasteiger partial charge in [0.1, 0.15) is 11.6 Å². The van der Waals surface area contributed by atoms with Crippen molar-refractivity contribution in [1.29, 1.82) is 0 Å². The van der Waals surface area contributed by atoms with E-state index in [9.17, 15) is 4.39 Å². The first kappa shape index (κ1) is 14.5. The minimum Gasteiger partial charge on any atom is -0.497 e. The predicted molar refractivity (Wildman–Crippen MR) is 76.3 cm³/mol. The lowest BCUT2D eigenvalue weighted by atomic mass is 10.0. The van der Waals surface area contributed by atoms with Gasteiger partial charge in [-0.2, -0.15) is 5.10 Å². The number of halogens is 1. The Kier molecular flexibility index (Phi) is 4.74. The van der Waals surface area contributed by atoms with Crippen molar-refractivity contribution in [3.05, 3.63) is 47.5 Å². The van der Waals surface area contributed by atoms with Crippen molar-refractivity contribution in [2.24, 2.45) is 7.05 Å². The summed E-state index contributed by atoms with van der Waals surface area (Å²) in [5.41, 5.74) is 1.80. The Bertz CT molecular complexity index is 568. The Morgan fingerprint density at radius 2 is 2.20 bits per heavy atom. The van der Waals surface area contributed by atoms with Gasteiger partial charge < -0.3 is 10.1 Å². The van der Waals surface area contributed by atoms with Crippen LogP contribution in [0.3, 0.4) is 0 Å². The van der Waals surface area contributed by atoms with Crippen LogP contribution in [0.1, 0.15) is 23.7 Å². The van der Waals surface area contributed by atoms with Gasteiger partial charge in [-0.25, -0.2) is 4.39 Å². The van der Waals surface area contributed by atoms with Gasteiger partial charge >= 0.3 is 0 Å².